The van der Waals surface area contributed by atoms with Gasteiger partial charge in [-0.25, -0.2) is 0 Å². The van der Waals surface area contributed by atoms with Gasteiger partial charge in [0.2, 0.25) is 0 Å². The normalized spacial score (nSPS) is 11.0. The lowest BCUT2D eigenvalue weighted by molar-refractivity contribution is -0.112. The SMILES string of the molecule is CCOc1cc(/C=C(\C#N)C(=O)Nc2ccccc2C)cc(Cl)c1OCc1ccc(Cl)c(Cl)c1. The van der Waals surface area contributed by atoms with Crippen LogP contribution in [0.25, 0.3) is 6.08 Å². The van der Waals surface area contributed by atoms with Gasteiger partial charge in [0.25, 0.3) is 5.91 Å². The maximum absolute atomic E-state index is 12.7. The number of benzene rings is 3. The van der Waals surface area contributed by atoms with Gasteiger partial charge in [0, 0.05) is 5.69 Å². The third kappa shape index (κ3) is 6.45. The third-order valence-corrected chi connectivity index (χ3v) is 5.79. The van der Waals surface area contributed by atoms with Gasteiger partial charge in [-0.05, 0) is 66.9 Å². The highest BCUT2D eigenvalue weighted by molar-refractivity contribution is 6.42. The molecule has 5 nitrogen and oxygen atoms in total. The molecule has 1 amide bonds. The maximum Gasteiger partial charge on any atom is 0.266 e. The molecule has 0 atom stereocenters. The number of nitrogens with zero attached hydrogens (tertiary/aromatic N) is 1. The summed E-state index contributed by atoms with van der Waals surface area (Å²) in [6.45, 7) is 4.26. The standard InChI is InChI=1S/C26H21Cl3N2O3/c1-3-33-24-13-18(10-19(14-30)26(32)31-23-7-5-4-6-16(23)2)12-22(29)25(24)34-15-17-8-9-20(27)21(28)11-17/h4-13H,3,15H2,1-2H3,(H,31,32)/b19-10+. The van der Waals surface area contributed by atoms with E-state index in [-0.39, 0.29) is 17.2 Å². The molecule has 174 valence electrons. The number of halogens is 3. The zero-order valence-corrected chi connectivity index (χ0v) is 20.8. The second kappa shape index (κ2) is 11.8. The van der Waals surface area contributed by atoms with Crippen LogP contribution in [0.1, 0.15) is 23.6 Å². The lowest BCUT2D eigenvalue weighted by Gasteiger charge is -2.15. The summed E-state index contributed by atoms with van der Waals surface area (Å²) in [4.78, 5) is 12.7. The molecule has 0 saturated heterocycles. The van der Waals surface area contributed by atoms with Gasteiger partial charge in [-0.15, -0.1) is 0 Å². The van der Waals surface area contributed by atoms with Crippen molar-refractivity contribution in [2.24, 2.45) is 0 Å². The van der Waals surface area contributed by atoms with E-state index in [9.17, 15) is 10.1 Å². The number of hydrogen-bond donors (Lipinski definition) is 1. The number of hydrogen-bond acceptors (Lipinski definition) is 4. The van der Waals surface area contributed by atoms with Crippen molar-refractivity contribution in [1.82, 2.24) is 0 Å². The molecular weight excluding hydrogens is 495 g/mol. The van der Waals surface area contributed by atoms with Crippen molar-refractivity contribution in [3.05, 3.63) is 91.9 Å². The Hall–Kier alpha value is -3.17. The number of para-hydroxylation sites is 1. The number of nitriles is 1. The van der Waals surface area contributed by atoms with Crippen molar-refractivity contribution in [2.75, 3.05) is 11.9 Å². The molecule has 3 aromatic rings. The van der Waals surface area contributed by atoms with E-state index in [1.807, 2.05) is 38.1 Å². The Morgan fingerprint density at radius 3 is 2.47 bits per heavy atom. The zero-order valence-electron chi connectivity index (χ0n) is 18.5. The molecule has 0 spiro atoms. The number of aryl methyl sites for hydroxylation is 1. The number of ether oxygens (including phenoxy) is 2. The van der Waals surface area contributed by atoms with Gasteiger partial charge in [0.1, 0.15) is 18.2 Å². The Labute approximate surface area is 213 Å². The molecule has 3 aromatic carbocycles. The van der Waals surface area contributed by atoms with Crippen LogP contribution in [-0.4, -0.2) is 12.5 Å². The van der Waals surface area contributed by atoms with Crippen LogP contribution in [-0.2, 0) is 11.4 Å². The van der Waals surface area contributed by atoms with E-state index in [4.69, 9.17) is 44.3 Å². The first-order valence-electron chi connectivity index (χ1n) is 10.3. The van der Waals surface area contributed by atoms with E-state index < -0.39 is 5.91 Å². The van der Waals surface area contributed by atoms with E-state index in [1.165, 1.54) is 6.08 Å². The highest BCUT2D eigenvalue weighted by atomic mass is 35.5. The molecule has 0 radical (unpaired) electrons. The van der Waals surface area contributed by atoms with Crippen LogP contribution in [0.2, 0.25) is 15.1 Å². The maximum atomic E-state index is 12.7. The van der Waals surface area contributed by atoms with E-state index in [0.717, 1.165) is 11.1 Å². The molecule has 0 aliphatic rings. The van der Waals surface area contributed by atoms with Gasteiger partial charge in [0.15, 0.2) is 11.5 Å². The Bertz CT molecular complexity index is 1280. The second-order valence-corrected chi connectivity index (χ2v) is 8.46. The molecule has 0 unspecified atom stereocenters. The summed E-state index contributed by atoms with van der Waals surface area (Å²) in [6, 6.07) is 17.7. The average Bonchev–Trinajstić information content (AvgIpc) is 2.80. The Morgan fingerprint density at radius 2 is 1.79 bits per heavy atom. The van der Waals surface area contributed by atoms with Crippen molar-refractivity contribution < 1.29 is 14.3 Å². The lowest BCUT2D eigenvalue weighted by atomic mass is 10.1. The molecule has 1 N–H and O–H groups in total. The molecule has 0 aliphatic carbocycles. The van der Waals surface area contributed by atoms with Crippen LogP contribution < -0.4 is 14.8 Å². The molecule has 0 aliphatic heterocycles. The highest BCUT2D eigenvalue weighted by Crippen LogP contribution is 2.38. The summed E-state index contributed by atoms with van der Waals surface area (Å²) in [6.07, 6.45) is 1.45. The summed E-state index contributed by atoms with van der Waals surface area (Å²) >= 11 is 18.5. The number of carbonyl (C=O) groups excluding carboxylic acids is 1. The van der Waals surface area contributed by atoms with Crippen molar-refractivity contribution in [3.63, 3.8) is 0 Å². The fourth-order valence-electron chi connectivity index (χ4n) is 3.08. The van der Waals surface area contributed by atoms with E-state index >= 15 is 0 Å². The van der Waals surface area contributed by atoms with Gasteiger partial charge in [-0.2, -0.15) is 5.26 Å². The van der Waals surface area contributed by atoms with Gasteiger partial charge in [-0.3, -0.25) is 4.79 Å². The van der Waals surface area contributed by atoms with E-state index in [0.29, 0.717) is 39.4 Å². The zero-order chi connectivity index (χ0) is 24.7. The Kier molecular flexibility index (Phi) is 8.84. The Morgan fingerprint density at radius 1 is 1.03 bits per heavy atom. The number of rotatable bonds is 8. The number of carbonyl (C=O) groups is 1. The van der Waals surface area contributed by atoms with Crippen LogP contribution in [0.15, 0.2) is 60.2 Å². The molecule has 0 fully saturated rings. The second-order valence-electron chi connectivity index (χ2n) is 7.24. The monoisotopic (exact) mass is 514 g/mol. The predicted molar refractivity (Wildman–Crippen MR) is 137 cm³/mol. The minimum atomic E-state index is -0.522. The summed E-state index contributed by atoms with van der Waals surface area (Å²) < 4.78 is 11.6. The molecule has 8 heteroatoms. The van der Waals surface area contributed by atoms with Crippen molar-refractivity contribution in [3.8, 4) is 17.6 Å². The fourth-order valence-corrected chi connectivity index (χ4v) is 3.67. The number of anilines is 1. The number of nitrogens with one attached hydrogen (secondary N) is 1. The molecular formula is C26H21Cl3N2O3. The minimum Gasteiger partial charge on any atom is -0.490 e. The van der Waals surface area contributed by atoms with Crippen molar-refractivity contribution in [1.29, 1.82) is 5.26 Å². The first-order chi connectivity index (χ1) is 16.3. The van der Waals surface area contributed by atoms with Crippen LogP contribution in [0, 0.1) is 18.3 Å². The molecule has 34 heavy (non-hydrogen) atoms. The first kappa shape index (κ1) is 25.5. The van der Waals surface area contributed by atoms with Gasteiger partial charge >= 0.3 is 0 Å². The van der Waals surface area contributed by atoms with Crippen LogP contribution in [0.5, 0.6) is 11.5 Å². The predicted octanol–water partition coefficient (Wildman–Crippen LogP) is 7.48. The molecule has 0 aromatic heterocycles. The minimum absolute atomic E-state index is 0.0776. The van der Waals surface area contributed by atoms with Gasteiger partial charge < -0.3 is 14.8 Å². The van der Waals surface area contributed by atoms with Gasteiger partial charge in [0.05, 0.1) is 21.7 Å². The van der Waals surface area contributed by atoms with Gasteiger partial charge in [-0.1, -0.05) is 59.1 Å². The molecule has 0 heterocycles. The molecule has 0 bridgehead atoms. The van der Waals surface area contributed by atoms with E-state index in [2.05, 4.69) is 5.32 Å². The van der Waals surface area contributed by atoms with Crippen LogP contribution in [0.4, 0.5) is 5.69 Å². The van der Waals surface area contributed by atoms with Crippen LogP contribution in [0.3, 0.4) is 0 Å². The highest BCUT2D eigenvalue weighted by Gasteiger charge is 2.15. The topological polar surface area (TPSA) is 71.3 Å². The largest absolute Gasteiger partial charge is 0.490 e. The quantitative estimate of drug-likeness (QED) is 0.249. The summed E-state index contributed by atoms with van der Waals surface area (Å²) in [5.74, 6) is 0.207. The van der Waals surface area contributed by atoms with E-state index in [1.54, 1.807) is 36.4 Å². The summed E-state index contributed by atoms with van der Waals surface area (Å²) in [7, 11) is 0. The first-order valence-corrected chi connectivity index (χ1v) is 11.5. The summed E-state index contributed by atoms with van der Waals surface area (Å²) in [5.41, 5.74) is 2.76. The van der Waals surface area contributed by atoms with Crippen molar-refractivity contribution >= 4 is 52.5 Å². The van der Waals surface area contributed by atoms with Crippen LogP contribution >= 0.6 is 34.8 Å². The molecule has 0 saturated carbocycles. The summed E-state index contributed by atoms with van der Waals surface area (Å²) in [5, 5.41) is 13.5. The third-order valence-electron chi connectivity index (χ3n) is 4.77. The lowest BCUT2D eigenvalue weighted by Crippen LogP contribution is -2.14. The molecule has 3 rings (SSSR count). The average molecular weight is 516 g/mol. The number of amides is 1. The smallest absolute Gasteiger partial charge is 0.266 e. The fraction of sp³-hybridized carbons (Fsp3) is 0.154. The van der Waals surface area contributed by atoms with Crippen molar-refractivity contribution in [2.45, 2.75) is 20.5 Å². The Balaban J connectivity index is 1.86.